The van der Waals surface area contributed by atoms with Gasteiger partial charge in [0.15, 0.2) is 6.29 Å². The van der Waals surface area contributed by atoms with Crippen LogP contribution in [0.5, 0.6) is 0 Å². The second-order valence-corrected chi connectivity index (χ2v) is 5.10. The second-order valence-electron chi connectivity index (χ2n) is 5.10. The van der Waals surface area contributed by atoms with Crippen LogP contribution < -0.4 is 0 Å². The van der Waals surface area contributed by atoms with Crippen molar-refractivity contribution >= 4 is 0 Å². The van der Waals surface area contributed by atoms with Gasteiger partial charge in [-0.1, -0.05) is 6.42 Å². The standard InChI is InChI=1S/C13H22O5/c1-13(15)11-10(18-12(13)14)9-16-7-5-3-2-4-6-8-17-11/h5,7,10-12,14-15H,2-4,6,8-9H2,1H3/b7-5-/t10-,11-,12?,13+/m1/s1. The van der Waals surface area contributed by atoms with Crippen molar-refractivity contribution in [2.45, 2.75) is 56.7 Å². The van der Waals surface area contributed by atoms with Crippen LogP contribution in [0.25, 0.3) is 0 Å². The number of allylic oxidation sites excluding steroid dienone is 1. The average molecular weight is 258 g/mol. The molecule has 5 heteroatoms. The lowest BCUT2D eigenvalue weighted by Gasteiger charge is -2.28. The van der Waals surface area contributed by atoms with Crippen molar-refractivity contribution < 1.29 is 24.4 Å². The molecule has 104 valence electrons. The first-order valence-electron chi connectivity index (χ1n) is 6.56. The first-order valence-corrected chi connectivity index (χ1v) is 6.56. The fourth-order valence-electron chi connectivity index (χ4n) is 2.33. The van der Waals surface area contributed by atoms with E-state index in [0.717, 1.165) is 25.7 Å². The van der Waals surface area contributed by atoms with Crippen LogP contribution in [0, 0.1) is 0 Å². The Balaban J connectivity index is 2.02. The SMILES string of the molecule is C[C@@]1(O)C(O)O[C@@H]2CO/C=C\CCCCCO[C@H]21. The van der Waals surface area contributed by atoms with E-state index in [-0.39, 0.29) is 6.61 Å². The molecule has 5 nitrogen and oxygen atoms in total. The average Bonchev–Trinajstić information content (AvgIpc) is 2.51. The van der Waals surface area contributed by atoms with E-state index in [1.165, 1.54) is 6.92 Å². The summed E-state index contributed by atoms with van der Waals surface area (Å²) in [6.45, 7) is 2.37. The van der Waals surface area contributed by atoms with Crippen molar-refractivity contribution in [1.82, 2.24) is 0 Å². The van der Waals surface area contributed by atoms with Gasteiger partial charge < -0.3 is 24.4 Å². The summed E-state index contributed by atoms with van der Waals surface area (Å²) >= 11 is 0. The van der Waals surface area contributed by atoms with E-state index < -0.39 is 24.1 Å². The third kappa shape index (κ3) is 3.03. The van der Waals surface area contributed by atoms with Gasteiger partial charge in [-0.15, -0.1) is 0 Å². The largest absolute Gasteiger partial charge is 0.499 e. The smallest absolute Gasteiger partial charge is 0.186 e. The Hall–Kier alpha value is -0.620. The van der Waals surface area contributed by atoms with Gasteiger partial charge in [0.25, 0.3) is 0 Å². The van der Waals surface area contributed by atoms with Gasteiger partial charge in [-0.25, -0.2) is 0 Å². The van der Waals surface area contributed by atoms with E-state index in [1.807, 2.05) is 6.08 Å². The highest BCUT2D eigenvalue weighted by molar-refractivity contribution is 4.98. The summed E-state index contributed by atoms with van der Waals surface area (Å²) in [5, 5.41) is 19.9. The van der Waals surface area contributed by atoms with Crippen LogP contribution in [0.1, 0.15) is 32.6 Å². The van der Waals surface area contributed by atoms with Gasteiger partial charge in [0.1, 0.15) is 24.4 Å². The summed E-state index contributed by atoms with van der Waals surface area (Å²) in [6.07, 6.45) is 5.53. The number of hydrogen-bond acceptors (Lipinski definition) is 5. The van der Waals surface area contributed by atoms with Crippen LogP contribution in [-0.2, 0) is 14.2 Å². The van der Waals surface area contributed by atoms with Crippen LogP contribution in [0.4, 0.5) is 0 Å². The molecule has 0 aliphatic carbocycles. The molecule has 1 unspecified atom stereocenters. The lowest BCUT2D eigenvalue weighted by atomic mass is 9.97. The maximum absolute atomic E-state index is 10.2. The highest BCUT2D eigenvalue weighted by Gasteiger charge is 2.53. The molecule has 2 N–H and O–H groups in total. The van der Waals surface area contributed by atoms with Gasteiger partial charge in [0.2, 0.25) is 0 Å². The molecular weight excluding hydrogens is 236 g/mol. The maximum atomic E-state index is 10.2. The van der Waals surface area contributed by atoms with Crippen molar-refractivity contribution in [3.8, 4) is 0 Å². The molecule has 4 atom stereocenters. The zero-order valence-electron chi connectivity index (χ0n) is 10.7. The molecular formula is C13H22O5. The Labute approximate surface area is 107 Å². The first-order chi connectivity index (χ1) is 8.62. The topological polar surface area (TPSA) is 68.2 Å². The fraction of sp³-hybridized carbons (Fsp3) is 0.846. The Morgan fingerprint density at radius 3 is 2.94 bits per heavy atom. The Morgan fingerprint density at radius 1 is 1.28 bits per heavy atom. The summed E-state index contributed by atoms with van der Waals surface area (Å²) < 4.78 is 16.3. The summed E-state index contributed by atoms with van der Waals surface area (Å²) in [4.78, 5) is 0. The highest BCUT2D eigenvalue weighted by Crippen LogP contribution is 2.32. The van der Waals surface area contributed by atoms with Gasteiger partial charge in [0, 0.05) is 6.61 Å². The molecule has 1 fully saturated rings. The summed E-state index contributed by atoms with van der Waals surface area (Å²) in [5.41, 5.74) is -1.39. The minimum atomic E-state index is -1.39. The Kier molecular flexibility index (Phi) is 4.61. The molecule has 2 rings (SSSR count). The fourth-order valence-corrected chi connectivity index (χ4v) is 2.33. The highest BCUT2D eigenvalue weighted by atomic mass is 16.7. The number of hydrogen-bond donors (Lipinski definition) is 2. The molecule has 1 saturated heterocycles. The predicted molar refractivity (Wildman–Crippen MR) is 64.8 cm³/mol. The van der Waals surface area contributed by atoms with Crippen molar-refractivity contribution in [3.63, 3.8) is 0 Å². The maximum Gasteiger partial charge on any atom is 0.186 e. The molecule has 0 spiro atoms. The summed E-state index contributed by atoms with van der Waals surface area (Å²) in [5.74, 6) is 0. The molecule has 0 bridgehead atoms. The van der Waals surface area contributed by atoms with Crippen LogP contribution in [0.2, 0.25) is 0 Å². The van der Waals surface area contributed by atoms with E-state index >= 15 is 0 Å². The molecule has 0 aromatic rings. The Morgan fingerprint density at radius 2 is 2.11 bits per heavy atom. The second kappa shape index (κ2) is 6.02. The zero-order chi connectivity index (χ0) is 13.0. The Bertz CT molecular complexity index is 289. The van der Waals surface area contributed by atoms with Crippen molar-refractivity contribution in [2.24, 2.45) is 0 Å². The lowest BCUT2D eigenvalue weighted by Crippen LogP contribution is -2.47. The molecule has 18 heavy (non-hydrogen) atoms. The lowest BCUT2D eigenvalue weighted by molar-refractivity contribution is -0.172. The number of aliphatic hydroxyl groups is 2. The number of aliphatic hydroxyl groups excluding tert-OH is 1. The third-order valence-electron chi connectivity index (χ3n) is 3.48. The quantitative estimate of drug-likeness (QED) is 0.677. The van der Waals surface area contributed by atoms with Crippen LogP contribution in [0.15, 0.2) is 12.3 Å². The van der Waals surface area contributed by atoms with E-state index in [9.17, 15) is 10.2 Å². The monoisotopic (exact) mass is 258 g/mol. The molecule has 2 aliphatic heterocycles. The van der Waals surface area contributed by atoms with E-state index in [2.05, 4.69) is 0 Å². The minimum absolute atomic E-state index is 0.272. The van der Waals surface area contributed by atoms with E-state index in [4.69, 9.17) is 14.2 Å². The first kappa shape index (κ1) is 13.8. The van der Waals surface area contributed by atoms with Gasteiger partial charge in [-0.3, -0.25) is 0 Å². The molecule has 0 saturated carbocycles. The molecule has 0 radical (unpaired) electrons. The van der Waals surface area contributed by atoms with Gasteiger partial charge in [-0.2, -0.15) is 0 Å². The predicted octanol–water partition coefficient (Wildman–Crippen LogP) is 0.944. The summed E-state index contributed by atoms with van der Waals surface area (Å²) in [6, 6.07) is 0. The number of fused-ring (bicyclic) bond motifs is 1. The van der Waals surface area contributed by atoms with Crippen molar-refractivity contribution in [1.29, 1.82) is 0 Å². The molecule has 2 heterocycles. The molecule has 0 aromatic carbocycles. The zero-order valence-corrected chi connectivity index (χ0v) is 10.7. The summed E-state index contributed by atoms with van der Waals surface area (Å²) in [7, 11) is 0. The number of rotatable bonds is 0. The molecule has 0 aromatic heterocycles. The number of ether oxygens (including phenoxy) is 3. The molecule has 2 aliphatic rings. The van der Waals surface area contributed by atoms with Crippen LogP contribution in [-0.4, -0.2) is 47.5 Å². The normalized spacial score (nSPS) is 44.3. The van der Waals surface area contributed by atoms with E-state index in [0.29, 0.717) is 6.61 Å². The van der Waals surface area contributed by atoms with Gasteiger partial charge >= 0.3 is 0 Å². The van der Waals surface area contributed by atoms with Crippen LogP contribution >= 0.6 is 0 Å². The van der Waals surface area contributed by atoms with E-state index in [1.54, 1.807) is 6.26 Å². The van der Waals surface area contributed by atoms with Gasteiger partial charge in [0.05, 0.1) is 6.26 Å². The van der Waals surface area contributed by atoms with Crippen molar-refractivity contribution in [3.05, 3.63) is 12.3 Å². The van der Waals surface area contributed by atoms with Crippen LogP contribution in [0.3, 0.4) is 0 Å². The third-order valence-corrected chi connectivity index (χ3v) is 3.48. The van der Waals surface area contributed by atoms with Crippen molar-refractivity contribution in [2.75, 3.05) is 13.2 Å². The van der Waals surface area contributed by atoms with Gasteiger partial charge in [-0.05, 0) is 32.3 Å². The molecule has 0 amide bonds. The minimum Gasteiger partial charge on any atom is -0.499 e.